The van der Waals surface area contributed by atoms with Gasteiger partial charge in [-0.1, -0.05) is 6.07 Å². The molecule has 2 saturated heterocycles. The lowest BCUT2D eigenvalue weighted by Crippen LogP contribution is -2.52. The van der Waals surface area contributed by atoms with Crippen molar-refractivity contribution in [1.82, 2.24) is 15.1 Å². The Morgan fingerprint density at radius 3 is 2.38 bits per heavy atom. The van der Waals surface area contributed by atoms with Gasteiger partial charge >= 0.3 is 0 Å². The van der Waals surface area contributed by atoms with Crippen LogP contribution in [0.1, 0.15) is 73.9 Å². The van der Waals surface area contributed by atoms with E-state index in [0.717, 1.165) is 31.5 Å². The van der Waals surface area contributed by atoms with Gasteiger partial charge < -0.3 is 4.90 Å². The maximum Gasteiger partial charge on any atom is 0.255 e. The molecule has 1 N–H and O–H groups in total. The van der Waals surface area contributed by atoms with Crippen LogP contribution in [0.25, 0.3) is 0 Å². The highest BCUT2D eigenvalue weighted by Gasteiger charge is 2.40. The highest BCUT2D eigenvalue weighted by atomic mass is 19.1. The first-order valence-corrected chi connectivity index (χ1v) is 10.4. The van der Waals surface area contributed by atoms with E-state index in [0.29, 0.717) is 17.5 Å². The molecule has 1 aromatic rings. The third-order valence-electron chi connectivity index (χ3n) is 6.52. The number of benzene rings is 1. The Balaban J connectivity index is 1.53. The second-order valence-corrected chi connectivity index (χ2v) is 9.36. The third kappa shape index (κ3) is 3.68. The highest BCUT2D eigenvalue weighted by molar-refractivity contribution is 6.05. The van der Waals surface area contributed by atoms with Crippen LogP contribution < -0.4 is 5.32 Å². The number of carbonyl (C=O) groups excluding carboxylic acids is 3. The zero-order valence-electron chi connectivity index (χ0n) is 17.3. The summed E-state index contributed by atoms with van der Waals surface area (Å²) < 4.78 is 14.9. The summed E-state index contributed by atoms with van der Waals surface area (Å²) in [5, 5.41) is 2.29. The second kappa shape index (κ2) is 7.20. The number of rotatable bonds is 2. The maximum absolute atomic E-state index is 14.9. The minimum Gasteiger partial charge on any atom is -0.322 e. The van der Waals surface area contributed by atoms with Gasteiger partial charge in [0.05, 0.1) is 0 Å². The summed E-state index contributed by atoms with van der Waals surface area (Å²) in [7, 11) is 0. The zero-order chi connectivity index (χ0) is 20.9. The molecule has 1 aromatic carbocycles. The molecule has 6 nitrogen and oxygen atoms in total. The smallest absolute Gasteiger partial charge is 0.255 e. The van der Waals surface area contributed by atoms with E-state index in [-0.39, 0.29) is 42.1 Å². The molecule has 2 fully saturated rings. The first kappa shape index (κ1) is 20.0. The number of halogens is 1. The first-order chi connectivity index (χ1) is 13.6. The van der Waals surface area contributed by atoms with Crippen molar-refractivity contribution in [3.8, 4) is 0 Å². The molecular weight excluding hydrogens is 373 g/mol. The van der Waals surface area contributed by atoms with E-state index in [1.54, 1.807) is 0 Å². The molecule has 0 saturated carbocycles. The van der Waals surface area contributed by atoms with E-state index >= 15 is 0 Å². The van der Waals surface area contributed by atoms with Crippen molar-refractivity contribution in [3.05, 3.63) is 34.6 Å². The summed E-state index contributed by atoms with van der Waals surface area (Å²) in [4.78, 5) is 40.3. The van der Waals surface area contributed by atoms with Gasteiger partial charge in [0, 0.05) is 24.1 Å². The van der Waals surface area contributed by atoms with E-state index in [1.807, 2.05) is 6.07 Å². The molecule has 7 heteroatoms. The minimum absolute atomic E-state index is 0.107. The van der Waals surface area contributed by atoms with Gasteiger partial charge in [-0.2, -0.15) is 0 Å². The van der Waals surface area contributed by atoms with Crippen LogP contribution in [0.4, 0.5) is 4.39 Å². The summed E-state index contributed by atoms with van der Waals surface area (Å²) >= 11 is 0. The second-order valence-electron chi connectivity index (χ2n) is 9.36. The maximum atomic E-state index is 14.9. The molecular formula is C22H28FN3O3. The van der Waals surface area contributed by atoms with Crippen LogP contribution >= 0.6 is 0 Å². The number of nitrogens with one attached hydrogen (secondary N) is 1. The summed E-state index contributed by atoms with van der Waals surface area (Å²) in [6.45, 7) is 8.71. The van der Waals surface area contributed by atoms with Crippen LogP contribution in [0.3, 0.4) is 0 Å². The van der Waals surface area contributed by atoms with Crippen LogP contribution in [0, 0.1) is 5.82 Å². The van der Waals surface area contributed by atoms with Crippen LogP contribution in [0.15, 0.2) is 12.1 Å². The summed E-state index contributed by atoms with van der Waals surface area (Å²) in [5.41, 5.74) is 1.89. The number of likely N-dealkylation sites (tertiary alicyclic amines) is 1. The monoisotopic (exact) mass is 401 g/mol. The quantitative estimate of drug-likeness (QED) is 0.774. The lowest BCUT2D eigenvalue weighted by molar-refractivity contribution is -0.136. The molecule has 3 aliphatic rings. The van der Waals surface area contributed by atoms with Crippen molar-refractivity contribution in [2.75, 3.05) is 13.1 Å². The van der Waals surface area contributed by atoms with E-state index in [9.17, 15) is 18.8 Å². The largest absolute Gasteiger partial charge is 0.322 e. The molecule has 156 valence electrons. The molecule has 1 atom stereocenters. The van der Waals surface area contributed by atoms with Gasteiger partial charge in [0.15, 0.2) is 0 Å². The van der Waals surface area contributed by atoms with Crippen molar-refractivity contribution < 1.29 is 18.8 Å². The Morgan fingerprint density at radius 1 is 1.07 bits per heavy atom. The molecule has 0 aromatic heterocycles. The number of hydrogen-bond acceptors (Lipinski definition) is 4. The molecule has 3 heterocycles. The number of imide groups is 1. The minimum atomic E-state index is -0.672. The number of amides is 3. The number of carbonyl (C=O) groups is 3. The Labute approximate surface area is 170 Å². The number of hydrogen-bond donors (Lipinski definition) is 1. The summed E-state index contributed by atoms with van der Waals surface area (Å²) in [5.74, 6) is -1.29. The average molecular weight is 401 g/mol. The zero-order valence-corrected chi connectivity index (χ0v) is 17.3. The number of piperidine rings is 2. The van der Waals surface area contributed by atoms with Gasteiger partial charge in [0.25, 0.3) is 5.91 Å². The Bertz CT molecular complexity index is 869. The van der Waals surface area contributed by atoms with E-state index in [4.69, 9.17) is 0 Å². The van der Waals surface area contributed by atoms with Crippen molar-refractivity contribution >= 4 is 17.7 Å². The molecule has 0 aliphatic carbocycles. The van der Waals surface area contributed by atoms with Crippen molar-refractivity contribution in [1.29, 1.82) is 0 Å². The lowest BCUT2D eigenvalue weighted by atomic mass is 9.86. The molecule has 0 radical (unpaired) electrons. The van der Waals surface area contributed by atoms with Crippen molar-refractivity contribution in [3.63, 3.8) is 0 Å². The highest BCUT2D eigenvalue weighted by Crippen LogP contribution is 2.36. The predicted molar refractivity (Wildman–Crippen MR) is 106 cm³/mol. The number of fused-ring (bicyclic) bond motifs is 1. The normalized spacial score (nSPS) is 24.1. The average Bonchev–Trinajstić information content (AvgIpc) is 2.96. The van der Waals surface area contributed by atoms with Gasteiger partial charge in [0.2, 0.25) is 11.8 Å². The van der Waals surface area contributed by atoms with Gasteiger partial charge in [-0.3, -0.25) is 24.6 Å². The van der Waals surface area contributed by atoms with Crippen molar-refractivity contribution in [2.45, 2.75) is 70.5 Å². The number of nitrogens with zero attached hydrogens (tertiary/aromatic N) is 2. The van der Waals surface area contributed by atoms with Crippen molar-refractivity contribution in [2.24, 2.45) is 0 Å². The fourth-order valence-electron chi connectivity index (χ4n) is 4.78. The topological polar surface area (TPSA) is 69.7 Å². The third-order valence-corrected chi connectivity index (χ3v) is 6.52. The fourth-order valence-corrected chi connectivity index (χ4v) is 4.78. The summed E-state index contributed by atoms with van der Waals surface area (Å²) in [6, 6.07) is 2.50. The van der Waals surface area contributed by atoms with Gasteiger partial charge in [-0.15, -0.1) is 0 Å². The summed E-state index contributed by atoms with van der Waals surface area (Å²) in [6.07, 6.45) is 2.29. The molecule has 1 unspecified atom stereocenters. The van der Waals surface area contributed by atoms with Crippen LogP contribution in [-0.4, -0.2) is 52.2 Å². The Hall–Kier alpha value is -2.28. The molecule has 3 amide bonds. The van der Waals surface area contributed by atoms with Gasteiger partial charge in [0.1, 0.15) is 11.9 Å². The molecule has 4 rings (SSSR count). The Morgan fingerprint density at radius 2 is 1.76 bits per heavy atom. The standard InChI is InChI=1S/C22H28FN3O3/c1-22(2,3)25-8-6-13(7-9-25)15-10-14-12-26(21(29)16(14)11-17(15)23)18-4-5-19(27)24-20(18)28/h10-11,13,18H,4-9,12H2,1-3H3,(H,24,27,28). The molecule has 0 bridgehead atoms. The van der Waals surface area contributed by atoms with Gasteiger partial charge in [-0.05, 0) is 76.2 Å². The van der Waals surface area contributed by atoms with E-state index < -0.39 is 11.9 Å². The SMILES string of the molecule is CC(C)(C)N1CCC(c2cc3c(cc2F)C(=O)N(C2CCC(=O)NC2=O)C3)CC1. The lowest BCUT2D eigenvalue weighted by Gasteiger charge is -2.41. The predicted octanol–water partition coefficient (Wildman–Crippen LogP) is 2.56. The molecule has 29 heavy (non-hydrogen) atoms. The molecule has 3 aliphatic heterocycles. The van der Waals surface area contributed by atoms with Crippen LogP contribution in [0.2, 0.25) is 0 Å². The Kier molecular flexibility index (Phi) is 4.97. The van der Waals surface area contributed by atoms with E-state index in [1.165, 1.54) is 11.0 Å². The van der Waals surface area contributed by atoms with E-state index in [2.05, 4.69) is 31.0 Å². The van der Waals surface area contributed by atoms with Gasteiger partial charge in [-0.25, -0.2) is 4.39 Å². The fraction of sp³-hybridized carbons (Fsp3) is 0.591. The first-order valence-electron chi connectivity index (χ1n) is 10.4. The molecule has 0 spiro atoms. The van der Waals surface area contributed by atoms with Crippen LogP contribution in [0.5, 0.6) is 0 Å². The van der Waals surface area contributed by atoms with Crippen LogP contribution in [-0.2, 0) is 16.1 Å².